The number of benzene rings is 2. The van der Waals surface area contributed by atoms with Crippen LogP contribution in [-0.2, 0) is 0 Å². The maximum atomic E-state index is 13.8. The molecule has 0 bridgehead atoms. The minimum Gasteiger partial charge on any atom is -0.493 e. The van der Waals surface area contributed by atoms with E-state index in [-0.39, 0.29) is 22.6 Å². The number of methoxy groups -OCH3 is 1. The minimum absolute atomic E-state index is 0.127. The second kappa shape index (κ2) is 8.72. The Bertz CT molecular complexity index is 1420. The van der Waals surface area contributed by atoms with Crippen LogP contribution in [0.4, 0.5) is 4.39 Å². The van der Waals surface area contributed by atoms with Crippen molar-refractivity contribution in [3.63, 3.8) is 0 Å². The second-order valence-electron chi connectivity index (χ2n) is 6.88. The molecular formula is C23H18FN3O4S. The molecule has 32 heavy (non-hydrogen) atoms. The number of ether oxygens (including phenoxy) is 2. The number of esters is 1. The molecule has 0 amide bonds. The summed E-state index contributed by atoms with van der Waals surface area (Å²) in [5.74, 6) is -1.13. The summed E-state index contributed by atoms with van der Waals surface area (Å²) in [5.41, 5.74) is 1.06. The van der Waals surface area contributed by atoms with Crippen molar-refractivity contribution in [3.05, 3.63) is 86.5 Å². The third-order valence-electron chi connectivity index (χ3n) is 4.89. The number of halogens is 1. The Morgan fingerprint density at radius 1 is 1.19 bits per heavy atom. The van der Waals surface area contributed by atoms with Gasteiger partial charge in [0, 0.05) is 4.88 Å². The third kappa shape index (κ3) is 4.02. The van der Waals surface area contributed by atoms with Crippen molar-refractivity contribution in [2.45, 2.75) is 13.8 Å². The predicted molar refractivity (Wildman–Crippen MR) is 121 cm³/mol. The standard InChI is InChI=1S/C23H18FN3O4S/c1-13-14(2)32-21-20(13)22(28)27(12-25-21)26-11-15-8-9-18(19(10-15)30-3)31-23(29)16-6-4-5-7-17(16)24/h4-12H,1-3H3/b26-11+. The fourth-order valence-corrected chi connectivity index (χ4v) is 4.05. The van der Waals surface area contributed by atoms with Gasteiger partial charge in [0.05, 0.1) is 24.3 Å². The van der Waals surface area contributed by atoms with E-state index in [1.807, 2.05) is 13.8 Å². The Labute approximate surface area is 186 Å². The van der Waals surface area contributed by atoms with Crippen LogP contribution < -0.4 is 15.0 Å². The van der Waals surface area contributed by atoms with E-state index < -0.39 is 11.8 Å². The molecule has 0 atom stereocenters. The molecule has 0 unspecified atom stereocenters. The van der Waals surface area contributed by atoms with Crippen LogP contribution in [0.1, 0.15) is 26.4 Å². The lowest BCUT2D eigenvalue weighted by Crippen LogP contribution is -2.17. The van der Waals surface area contributed by atoms with E-state index in [4.69, 9.17) is 9.47 Å². The van der Waals surface area contributed by atoms with Crippen molar-refractivity contribution in [2.75, 3.05) is 7.11 Å². The van der Waals surface area contributed by atoms with Gasteiger partial charge in [0.1, 0.15) is 17.0 Å². The average molecular weight is 451 g/mol. The molecule has 0 N–H and O–H groups in total. The second-order valence-corrected chi connectivity index (χ2v) is 8.09. The van der Waals surface area contributed by atoms with Gasteiger partial charge < -0.3 is 9.47 Å². The Morgan fingerprint density at radius 3 is 2.72 bits per heavy atom. The Morgan fingerprint density at radius 2 is 1.97 bits per heavy atom. The molecule has 0 fully saturated rings. The van der Waals surface area contributed by atoms with Crippen LogP contribution in [0.15, 0.2) is 58.7 Å². The molecule has 2 aromatic carbocycles. The van der Waals surface area contributed by atoms with Crippen LogP contribution in [0.3, 0.4) is 0 Å². The van der Waals surface area contributed by atoms with Crippen LogP contribution in [0, 0.1) is 19.7 Å². The molecule has 162 valence electrons. The predicted octanol–water partition coefficient (Wildman–Crippen LogP) is 4.32. The van der Waals surface area contributed by atoms with Crippen molar-refractivity contribution in [3.8, 4) is 11.5 Å². The number of nitrogens with zero attached hydrogens (tertiary/aromatic N) is 3. The van der Waals surface area contributed by atoms with E-state index in [1.54, 1.807) is 18.2 Å². The smallest absolute Gasteiger partial charge is 0.346 e. The normalized spacial score (nSPS) is 11.2. The van der Waals surface area contributed by atoms with Gasteiger partial charge in [-0.2, -0.15) is 9.78 Å². The fraction of sp³-hybridized carbons (Fsp3) is 0.130. The number of carbonyl (C=O) groups excluding carboxylic acids is 1. The lowest BCUT2D eigenvalue weighted by atomic mass is 10.2. The summed E-state index contributed by atoms with van der Waals surface area (Å²) < 4.78 is 25.6. The van der Waals surface area contributed by atoms with Crippen LogP contribution in [0.5, 0.6) is 11.5 Å². The van der Waals surface area contributed by atoms with Crippen molar-refractivity contribution in [1.29, 1.82) is 0 Å². The number of hydrogen-bond donors (Lipinski definition) is 0. The van der Waals surface area contributed by atoms with Crippen molar-refractivity contribution in [1.82, 2.24) is 9.66 Å². The number of aryl methyl sites for hydroxylation is 2. The maximum absolute atomic E-state index is 13.8. The molecule has 0 aliphatic rings. The SMILES string of the molecule is COc1cc(/C=N/n2cnc3sc(C)c(C)c3c2=O)ccc1OC(=O)c1ccccc1F. The van der Waals surface area contributed by atoms with Gasteiger partial charge in [0.25, 0.3) is 5.56 Å². The molecule has 0 saturated heterocycles. The first-order chi connectivity index (χ1) is 15.4. The lowest BCUT2D eigenvalue weighted by molar-refractivity contribution is 0.0725. The van der Waals surface area contributed by atoms with E-state index in [1.165, 1.54) is 59.9 Å². The third-order valence-corrected chi connectivity index (χ3v) is 6.00. The van der Waals surface area contributed by atoms with Gasteiger partial charge in [0.2, 0.25) is 0 Å². The summed E-state index contributed by atoms with van der Waals surface area (Å²) in [6, 6.07) is 10.3. The Balaban J connectivity index is 1.60. The highest BCUT2D eigenvalue weighted by molar-refractivity contribution is 7.18. The largest absolute Gasteiger partial charge is 0.493 e. The molecule has 2 aromatic heterocycles. The maximum Gasteiger partial charge on any atom is 0.346 e. The van der Waals surface area contributed by atoms with Gasteiger partial charge in [-0.1, -0.05) is 12.1 Å². The number of thiophene rings is 1. The summed E-state index contributed by atoms with van der Waals surface area (Å²) in [6.07, 6.45) is 2.84. The first-order valence-electron chi connectivity index (χ1n) is 9.55. The summed E-state index contributed by atoms with van der Waals surface area (Å²) in [7, 11) is 1.42. The number of hydrogen-bond acceptors (Lipinski definition) is 7. The van der Waals surface area contributed by atoms with E-state index in [0.29, 0.717) is 15.8 Å². The highest BCUT2D eigenvalue weighted by Gasteiger charge is 2.16. The summed E-state index contributed by atoms with van der Waals surface area (Å²) in [5, 5.41) is 4.77. The van der Waals surface area contributed by atoms with E-state index in [2.05, 4.69) is 10.1 Å². The molecule has 4 aromatic rings. The molecule has 2 heterocycles. The van der Waals surface area contributed by atoms with Gasteiger partial charge in [-0.05, 0) is 55.3 Å². The summed E-state index contributed by atoms with van der Waals surface area (Å²) >= 11 is 1.47. The topological polar surface area (TPSA) is 82.8 Å². The summed E-state index contributed by atoms with van der Waals surface area (Å²) in [4.78, 5) is 31.1. The summed E-state index contributed by atoms with van der Waals surface area (Å²) in [6.45, 7) is 3.83. The molecule has 9 heteroatoms. The molecule has 0 radical (unpaired) electrons. The Hall–Kier alpha value is -3.85. The minimum atomic E-state index is -0.838. The first-order valence-corrected chi connectivity index (χ1v) is 10.4. The molecule has 0 saturated carbocycles. The number of carbonyl (C=O) groups is 1. The monoisotopic (exact) mass is 451 g/mol. The van der Waals surface area contributed by atoms with Gasteiger partial charge in [-0.25, -0.2) is 14.2 Å². The average Bonchev–Trinajstić information content (AvgIpc) is 3.08. The molecule has 0 aliphatic heterocycles. The van der Waals surface area contributed by atoms with Crippen molar-refractivity contribution < 1.29 is 18.7 Å². The van der Waals surface area contributed by atoms with Crippen LogP contribution in [0.2, 0.25) is 0 Å². The molecule has 7 nitrogen and oxygen atoms in total. The Kier molecular flexibility index (Phi) is 5.83. The van der Waals surface area contributed by atoms with Gasteiger partial charge in [-0.15, -0.1) is 11.3 Å². The van der Waals surface area contributed by atoms with Crippen LogP contribution in [-0.4, -0.2) is 29.0 Å². The van der Waals surface area contributed by atoms with Crippen molar-refractivity contribution >= 4 is 33.7 Å². The zero-order chi connectivity index (χ0) is 22.8. The van der Waals surface area contributed by atoms with Gasteiger partial charge >= 0.3 is 5.97 Å². The zero-order valence-electron chi connectivity index (χ0n) is 17.5. The van der Waals surface area contributed by atoms with E-state index >= 15 is 0 Å². The molecular weight excluding hydrogens is 433 g/mol. The zero-order valence-corrected chi connectivity index (χ0v) is 18.3. The van der Waals surface area contributed by atoms with E-state index in [0.717, 1.165) is 10.4 Å². The quantitative estimate of drug-likeness (QED) is 0.256. The first kappa shape index (κ1) is 21.4. The van der Waals surface area contributed by atoms with Crippen molar-refractivity contribution in [2.24, 2.45) is 5.10 Å². The fourth-order valence-electron chi connectivity index (χ4n) is 3.07. The molecule has 0 spiro atoms. The van der Waals surface area contributed by atoms with E-state index in [9.17, 15) is 14.0 Å². The number of rotatable bonds is 5. The number of aromatic nitrogens is 2. The van der Waals surface area contributed by atoms with Crippen LogP contribution >= 0.6 is 11.3 Å². The lowest BCUT2D eigenvalue weighted by Gasteiger charge is -2.10. The highest BCUT2D eigenvalue weighted by Crippen LogP contribution is 2.29. The molecule has 0 aliphatic carbocycles. The molecule has 4 rings (SSSR count). The highest BCUT2D eigenvalue weighted by atomic mass is 32.1. The number of fused-ring (bicyclic) bond motifs is 1. The van der Waals surface area contributed by atoms with Crippen LogP contribution in [0.25, 0.3) is 10.2 Å². The van der Waals surface area contributed by atoms with Gasteiger partial charge in [0.15, 0.2) is 11.5 Å². The van der Waals surface area contributed by atoms with Gasteiger partial charge in [-0.3, -0.25) is 4.79 Å².